The average molecular weight is 455 g/mol. The van der Waals surface area contributed by atoms with Gasteiger partial charge in [0.1, 0.15) is 11.3 Å². The van der Waals surface area contributed by atoms with E-state index in [1.165, 1.54) is 0 Å². The van der Waals surface area contributed by atoms with Crippen LogP contribution in [-0.2, 0) is 4.74 Å². The minimum atomic E-state index is -0.581. The molecule has 32 heavy (non-hydrogen) atoms. The van der Waals surface area contributed by atoms with Crippen molar-refractivity contribution in [2.24, 2.45) is 0 Å². The number of hydrogen-bond acceptors (Lipinski definition) is 6. The third-order valence-electron chi connectivity index (χ3n) is 6.11. The molecule has 2 aliphatic heterocycles. The second-order valence-corrected chi connectivity index (χ2v) is 8.55. The van der Waals surface area contributed by atoms with Crippen LogP contribution in [0.2, 0.25) is 5.02 Å². The molecule has 3 heterocycles. The van der Waals surface area contributed by atoms with Crippen LogP contribution >= 0.6 is 11.6 Å². The molecule has 0 saturated carbocycles. The van der Waals surface area contributed by atoms with Crippen molar-refractivity contribution in [1.29, 1.82) is 0 Å². The Labute approximate surface area is 189 Å². The summed E-state index contributed by atoms with van der Waals surface area (Å²) in [4.78, 5) is 30.9. The Morgan fingerprint density at radius 3 is 2.53 bits per heavy atom. The van der Waals surface area contributed by atoms with Gasteiger partial charge in [-0.05, 0) is 42.3 Å². The van der Waals surface area contributed by atoms with Crippen molar-refractivity contribution in [2.45, 2.75) is 12.5 Å². The van der Waals surface area contributed by atoms with Crippen molar-refractivity contribution >= 4 is 28.5 Å². The quantitative estimate of drug-likeness (QED) is 0.636. The molecule has 1 unspecified atom stereocenters. The first-order chi connectivity index (χ1) is 15.5. The molecule has 7 nitrogen and oxygen atoms in total. The second-order valence-electron chi connectivity index (χ2n) is 8.11. The molecule has 1 aromatic heterocycles. The number of ether oxygens (including phenoxy) is 1. The Balaban J connectivity index is 1.53. The van der Waals surface area contributed by atoms with Crippen LogP contribution in [-0.4, -0.2) is 60.2 Å². The highest BCUT2D eigenvalue weighted by molar-refractivity contribution is 6.31. The van der Waals surface area contributed by atoms with E-state index in [1.54, 1.807) is 47.4 Å². The van der Waals surface area contributed by atoms with Gasteiger partial charge >= 0.3 is 0 Å². The number of halogens is 1. The number of carbonyl (C=O) groups is 1. The zero-order valence-electron chi connectivity index (χ0n) is 17.4. The molecule has 0 aliphatic carbocycles. The third-order valence-corrected chi connectivity index (χ3v) is 6.35. The third kappa shape index (κ3) is 3.77. The van der Waals surface area contributed by atoms with Crippen molar-refractivity contribution in [2.75, 3.05) is 39.4 Å². The van der Waals surface area contributed by atoms with Crippen LogP contribution in [0.1, 0.15) is 34.1 Å². The van der Waals surface area contributed by atoms with Crippen LogP contribution in [0.15, 0.2) is 51.7 Å². The van der Waals surface area contributed by atoms with Gasteiger partial charge in [0.05, 0.1) is 30.2 Å². The number of amides is 1. The van der Waals surface area contributed by atoms with Crippen molar-refractivity contribution in [3.63, 3.8) is 0 Å². The summed E-state index contributed by atoms with van der Waals surface area (Å²) in [5.41, 5.74) is 1.15. The topological polar surface area (TPSA) is 83.2 Å². The lowest BCUT2D eigenvalue weighted by Gasteiger charge is -2.29. The molecule has 3 aromatic rings. The lowest BCUT2D eigenvalue weighted by atomic mass is 9.98. The summed E-state index contributed by atoms with van der Waals surface area (Å²) in [7, 11) is 0. The van der Waals surface area contributed by atoms with E-state index < -0.39 is 6.04 Å². The minimum Gasteiger partial charge on any atom is -0.508 e. The molecule has 2 aromatic carbocycles. The van der Waals surface area contributed by atoms with Crippen molar-refractivity contribution in [3.05, 3.63) is 74.6 Å². The fourth-order valence-corrected chi connectivity index (χ4v) is 4.69. The standard InChI is InChI=1S/C24H23ClN2O5/c25-16-4-7-19-18(14-16)22(29)20-21(15-2-5-17(28)6-3-15)27(24(30)23(20)32-19)9-1-8-26-10-12-31-13-11-26/h2-7,14,21,28H,1,8-13H2. The van der Waals surface area contributed by atoms with Gasteiger partial charge in [-0.1, -0.05) is 23.7 Å². The van der Waals surface area contributed by atoms with Crippen LogP contribution in [0.5, 0.6) is 5.75 Å². The molecule has 166 valence electrons. The SMILES string of the molecule is O=C1c2oc3ccc(Cl)cc3c(=O)c2C(c2ccc(O)cc2)N1CCCN1CCOCC1. The van der Waals surface area contributed by atoms with Gasteiger partial charge in [-0.3, -0.25) is 14.5 Å². The maximum absolute atomic E-state index is 13.5. The van der Waals surface area contributed by atoms with Gasteiger partial charge in [0.25, 0.3) is 5.91 Å². The lowest BCUT2D eigenvalue weighted by molar-refractivity contribution is 0.0353. The molecule has 1 amide bonds. The molecule has 0 bridgehead atoms. The fraction of sp³-hybridized carbons (Fsp3) is 0.333. The molecule has 5 rings (SSSR count). The number of rotatable bonds is 5. The first kappa shape index (κ1) is 21.0. The zero-order valence-corrected chi connectivity index (χ0v) is 18.2. The Morgan fingerprint density at radius 2 is 1.78 bits per heavy atom. The minimum absolute atomic E-state index is 0.0780. The van der Waals surface area contributed by atoms with Gasteiger partial charge in [0.2, 0.25) is 5.76 Å². The molecule has 0 radical (unpaired) electrons. The smallest absolute Gasteiger partial charge is 0.290 e. The summed E-state index contributed by atoms with van der Waals surface area (Å²) < 4.78 is 11.3. The van der Waals surface area contributed by atoms with E-state index in [0.717, 1.165) is 44.8 Å². The number of phenols is 1. The highest BCUT2D eigenvalue weighted by atomic mass is 35.5. The average Bonchev–Trinajstić information content (AvgIpc) is 3.08. The maximum Gasteiger partial charge on any atom is 0.290 e. The predicted octanol–water partition coefficient (Wildman–Crippen LogP) is 3.42. The number of morpholine rings is 1. The van der Waals surface area contributed by atoms with Gasteiger partial charge in [-0.15, -0.1) is 0 Å². The van der Waals surface area contributed by atoms with E-state index in [0.29, 0.717) is 28.1 Å². The van der Waals surface area contributed by atoms with Gasteiger partial charge in [0.15, 0.2) is 5.43 Å². The van der Waals surface area contributed by atoms with Gasteiger partial charge in [0, 0.05) is 31.2 Å². The number of aromatic hydroxyl groups is 1. The Hall–Kier alpha value is -2.87. The zero-order chi connectivity index (χ0) is 22.2. The van der Waals surface area contributed by atoms with Crippen LogP contribution in [0, 0.1) is 0 Å². The first-order valence-electron chi connectivity index (χ1n) is 10.7. The van der Waals surface area contributed by atoms with Crippen molar-refractivity contribution < 1.29 is 19.1 Å². The first-order valence-corrected chi connectivity index (χ1v) is 11.1. The fourth-order valence-electron chi connectivity index (χ4n) is 4.52. The number of carbonyl (C=O) groups excluding carboxylic acids is 1. The number of hydrogen-bond donors (Lipinski definition) is 1. The maximum atomic E-state index is 13.5. The van der Waals surface area contributed by atoms with Crippen LogP contribution in [0.4, 0.5) is 0 Å². The number of phenolic OH excluding ortho intramolecular Hbond substituents is 1. The van der Waals surface area contributed by atoms with Gasteiger partial charge in [-0.25, -0.2) is 0 Å². The molecule has 2 aliphatic rings. The van der Waals surface area contributed by atoms with Crippen LogP contribution in [0.25, 0.3) is 11.0 Å². The summed E-state index contributed by atoms with van der Waals surface area (Å²) in [5, 5.41) is 10.5. The van der Waals surface area contributed by atoms with E-state index in [1.807, 2.05) is 0 Å². The normalized spacial score (nSPS) is 19.0. The molecule has 1 saturated heterocycles. The largest absolute Gasteiger partial charge is 0.508 e. The molecule has 8 heteroatoms. The number of nitrogens with zero attached hydrogens (tertiary/aromatic N) is 2. The van der Waals surface area contributed by atoms with Crippen molar-refractivity contribution in [1.82, 2.24) is 9.80 Å². The summed E-state index contributed by atoms with van der Waals surface area (Å²) >= 11 is 6.11. The van der Waals surface area contributed by atoms with E-state index in [-0.39, 0.29) is 22.8 Å². The molecule has 0 spiro atoms. The van der Waals surface area contributed by atoms with Gasteiger partial charge < -0.3 is 19.2 Å². The predicted molar refractivity (Wildman–Crippen MR) is 120 cm³/mol. The Kier molecular flexibility index (Phi) is 5.63. The summed E-state index contributed by atoms with van der Waals surface area (Å²) in [6.07, 6.45) is 0.758. The Morgan fingerprint density at radius 1 is 1.03 bits per heavy atom. The summed E-state index contributed by atoms with van der Waals surface area (Å²) in [6.45, 7) is 4.51. The van der Waals surface area contributed by atoms with E-state index in [4.69, 9.17) is 20.8 Å². The van der Waals surface area contributed by atoms with Crippen molar-refractivity contribution in [3.8, 4) is 5.75 Å². The second kappa shape index (κ2) is 8.58. The van der Waals surface area contributed by atoms with Crippen LogP contribution < -0.4 is 5.43 Å². The summed E-state index contributed by atoms with van der Waals surface area (Å²) in [5.74, 6) is -0.0993. The van der Waals surface area contributed by atoms with E-state index >= 15 is 0 Å². The molecule has 1 N–H and O–H groups in total. The molecular weight excluding hydrogens is 432 g/mol. The highest BCUT2D eigenvalue weighted by Crippen LogP contribution is 2.38. The van der Waals surface area contributed by atoms with E-state index in [2.05, 4.69) is 4.90 Å². The molecule has 1 atom stereocenters. The molecule has 1 fully saturated rings. The van der Waals surface area contributed by atoms with Crippen LogP contribution in [0.3, 0.4) is 0 Å². The van der Waals surface area contributed by atoms with Gasteiger partial charge in [-0.2, -0.15) is 0 Å². The number of fused-ring (bicyclic) bond motifs is 2. The monoisotopic (exact) mass is 454 g/mol. The molecular formula is C24H23ClN2O5. The lowest BCUT2D eigenvalue weighted by Crippen LogP contribution is -2.38. The summed E-state index contributed by atoms with van der Waals surface area (Å²) in [6, 6.07) is 10.8. The highest BCUT2D eigenvalue weighted by Gasteiger charge is 2.42. The number of benzene rings is 2. The Bertz CT molecular complexity index is 1220. The van der Waals surface area contributed by atoms with E-state index in [9.17, 15) is 14.7 Å².